The lowest BCUT2D eigenvalue weighted by molar-refractivity contribution is -0.251. The molecule has 5 saturated heterocycles. The number of sulfone groups is 1. The number of carbonyl (C=O) groups is 2. The van der Waals surface area contributed by atoms with Gasteiger partial charge in [0, 0.05) is 31.1 Å². The number of hydrogen-bond acceptors (Lipinski definition) is 11. The quantitative estimate of drug-likeness (QED) is 0.0424. The Morgan fingerprint density at radius 2 is 1.49 bits per heavy atom. The maximum absolute atomic E-state index is 15.8. The lowest BCUT2D eigenvalue weighted by atomic mass is 9.78. The molecule has 0 saturated carbocycles. The summed E-state index contributed by atoms with van der Waals surface area (Å²) < 4.78 is 82.9. The molecule has 15 heteroatoms. The Hall–Kier alpha value is -1.39. The third-order valence-electron chi connectivity index (χ3n) is 19.8. The first-order chi connectivity index (χ1) is 36.4. The van der Waals surface area contributed by atoms with E-state index in [4.69, 9.17) is 32.5 Å². The third-order valence-corrected chi connectivity index (χ3v) is 31.3. The fraction of sp³-hybridized carbons (Fsp3) is 0.778. The van der Waals surface area contributed by atoms with Crippen molar-refractivity contribution in [3.05, 3.63) is 64.3 Å². The second-order valence-corrected chi connectivity index (χ2v) is 39.8. The van der Waals surface area contributed by atoms with Crippen LogP contribution in [0.15, 0.2) is 63.6 Å². The zero-order chi connectivity index (χ0) is 57.9. The highest BCUT2D eigenvalue weighted by atomic mass is 127. The van der Waals surface area contributed by atoms with Crippen molar-refractivity contribution in [2.75, 3.05) is 0 Å². The van der Waals surface area contributed by atoms with Crippen LogP contribution in [0.1, 0.15) is 166 Å². The number of aldehydes is 1. The fourth-order valence-corrected chi connectivity index (χ4v) is 17.5. The highest BCUT2D eigenvalue weighted by Gasteiger charge is 2.57. The second-order valence-electron chi connectivity index (χ2n) is 27.5. The average molecular weight is 1250 g/mol. The van der Waals surface area contributed by atoms with Gasteiger partial charge >= 0.3 is 0 Å². The normalized spacial score (nSPS) is 33.7. The summed E-state index contributed by atoms with van der Waals surface area (Å²) in [5.74, 6) is -0.877. The lowest BCUT2D eigenvalue weighted by Gasteiger charge is -2.54. The molecule has 0 aliphatic carbocycles. The van der Waals surface area contributed by atoms with Crippen molar-refractivity contribution in [1.82, 2.24) is 0 Å². The Labute approximate surface area is 488 Å². The molecule has 6 rings (SSSR count). The number of Topliss-reactive ketones (excluding diaryl/α,β-unsaturated/α-hetero) is 1. The molecule has 5 aliphatic heterocycles. The predicted molar refractivity (Wildman–Crippen MR) is 328 cm³/mol. The molecule has 0 spiro atoms. The molecule has 5 heterocycles. The highest BCUT2D eigenvalue weighted by molar-refractivity contribution is 14.1. The van der Waals surface area contributed by atoms with E-state index in [1.54, 1.807) is 12.1 Å². The van der Waals surface area contributed by atoms with Crippen molar-refractivity contribution in [3.8, 4) is 0 Å². The molecule has 1 unspecified atom stereocenters. The van der Waals surface area contributed by atoms with Gasteiger partial charge < -0.3 is 37.3 Å². The summed E-state index contributed by atoms with van der Waals surface area (Å²) in [4.78, 5) is 27.0. The smallest absolute Gasteiger partial charge is 0.193 e. The van der Waals surface area contributed by atoms with Gasteiger partial charge in [-0.2, -0.15) is 0 Å². The first kappa shape index (κ1) is 65.8. The average Bonchev–Trinajstić information content (AvgIpc) is 3.87. The Morgan fingerprint density at radius 1 is 0.833 bits per heavy atom. The van der Waals surface area contributed by atoms with Crippen molar-refractivity contribution in [2.45, 2.75) is 286 Å². The van der Waals surface area contributed by atoms with Gasteiger partial charge in [-0.05, 0) is 151 Å². The molecule has 442 valence electrons. The number of hydrogen-bond donors (Lipinski definition) is 0. The summed E-state index contributed by atoms with van der Waals surface area (Å²) in [6, 6.07) is 7.10. The van der Waals surface area contributed by atoms with Crippen LogP contribution in [-0.2, 0) is 58.4 Å². The van der Waals surface area contributed by atoms with Crippen molar-refractivity contribution in [1.29, 1.82) is 0 Å². The lowest BCUT2D eigenvalue weighted by Crippen LogP contribution is -2.64. The van der Waals surface area contributed by atoms with Crippen LogP contribution in [0.25, 0.3) is 0 Å². The van der Waals surface area contributed by atoms with Crippen LogP contribution in [0, 0.1) is 29.6 Å². The topological polar surface area (TPSA) is 133 Å². The van der Waals surface area contributed by atoms with E-state index in [2.05, 4.69) is 144 Å². The van der Waals surface area contributed by atoms with E-state index in [1.807, 2.05) is 23.1 Å². The van der Waals surface area contributed by atoms with Gasteiger partial charge in [-0.1, -0.05) is 137 Å². The first-order valence-electron chi connectivity index (χ1n) is 29.9. The van der Waals surface area contributed by atoms with E-state index in [0.29, 0.717) is 38.0 Å². The van der Waals surface area contributed by atoms with Gasteiger partial charge in [-0.25, -0.2) is 8.42 Å². The van der Waals surface area contributed by atoms with Gasteiger partial charge in [-0.15, -0.1) is 0 Å². The van der Waals surface area contributed by atoms with Crippen LogP contribution in [-0.4, -0.2) is 116 Å². The van der Waals surface area contributed by atoms with E-state index < -0.39 is 56.0 Å². The molecule has 5 aliphatic rings. The van der Waals surface area contributed by atoms with Crippen molar-refractivity contribution in [3.63, 3.8) is 0 Å². The van der Waals surface area contributed by atoms with Gasteiger partial charge in [0.15, 0.2) is 32.3 Å². The fourth-order valence-electron chi connectivity index (χ4n) is 12.4. The molecule has 1 aromatic carbocycles. The third kappa shape index (κ3) is 15.5. The minimum atomic E-state index is -4.27. The maximum atomic E-state index is 15.8. The zero-order valence-electron chi connectivity index (χ0n) is 50.8. The van der Waals surface area contributed by atoms with Crippen molar-refractivity contribution < 1.29 is 50.5 Å². The number of fused-ring (bicyclic) bond motifs is 1. The molecule has 78 heavy (non-hydrogen) atoms. The molecule has 0 amide bonds. The van der Waals surface area contributed by atoms with Gasteiger partial charge in [0.25, 0.3) is 0 Å². The Bertz CT molecular complexity index is 2330. The van der Waals surface area contributed by atoms with Crippen LogP contribution < -0.4 is 0 Å². The molecule has 11 nitrogen and oxygen atoms in total. The van der Waals surface area contributed by atoms with Crippen LogP contribution in [0.2, 0.25) is 36.3 Å². The SMILES string of the molecule is C=C1C[C@H](CCC=O)O[C@H]1CC[C@H]1C[C@H](C)C(=C)[C@@H](C[C@@H]2O[C@H](C[C@H](C)CC)[C@H](C)[C@H]2C(C(=O)C[C@H]2CC[C@@H]3O[C@@H]([C@H](/C=C/I)O[Si](C)(C)C(C)(C)C)[C@@H](O[Si](C)(C)C(C)(C)C)[C@@H](C)[C@H]3O2)S(=O)(=O)c2ccc(CC)cc2)O1. The minimum absolute atomic E-state index is 0.0114. The largest absolute Gasteiger partial charge is 0.411 e. The number of ketones is 1. The van der Waals surface area contributed by atoms with Crippen LogP contribution >= 0.6 is 22.6 Å². The van der Waals surface area contributed by atoms with E-state index in [-0.39, 0.29) is 99.9 Å². The van der Waals surface area contributed by atoms with E-state index >= 15 is 13.2 Å². The number of aryl methyl sites for hydroxylation is 1. The molecule has 5 fully saturated rings. The number of halogens is 1. The minimum Gasteiger partial charge on any atom is -0.411 e. The molecular formula is C63H103IO11SSi2. The predicted octanol–water partition coefficient (Wildman–Crippen LogP) is 14.7. The molecule has 18 atom stereocenters. The van der Waals surface area contributed by atoms with E-state index in [1.165, 1.54) is 0 Å². The van der Waals surface area contributed by atoms with Gasteiger partial charge in [0.05, 0.1) is 72.0 Å². The number of carbonyl (C=O) groups excluding carboxylic acids is 2. The zero-order valence-corrected chi connectivity index (χ0v) is 55.8. The van der Waals surface area contributed by atoms with Crippen LogP contribution in [0.4, 0.5) is 0 Å². The van der Waals surface area contributed by atoms with Gasteiger partial charge in [0.2, 0.25) is 0 Å². The highest BCUT2D eigenvalue weighted by Crippen LogP contribution is 2.49. The van der Waals surface area contributed by atoms with Gasteiger partial charge in [0.1, 0.15) is 17.6 Å². The Morgan fingerprint density at radius 3 is 2.09 bits per heavy atom. The monoisotopic (exact) mass is 1250 g/mol. The molecule has 0 N–H and O–H groups in total. The molecule has 0 bridgehead atoms. The Kier molecular flexibility index (Phi) is 22.9. The summed E-state index contributed by atoms with van der Waals surface area (Å²) in [6.45, 7) is 44.5. The summed E-state index contributed by atoms with van der Waals surface area (Å²) in [5.41, 5.74) is 3.06. The molecule has 0 radical (unpaired) electrons. The first-order valence-corrected chi connectivity index (χ1v) is 38.5. The van der Waals surface area contributed by atoms with E-state index in [0.717, 1.165) is 67.9 Å². The van der Waals surface area contributed by atoms with Crippen LogP contribution in [0.5, 0.6) is 0 Å². The molecule has 0 aromatic heterocycles. The summed E-state index contributed by atoms with van der Waals surface area (Å²) in [6.07, 6.45) is 7.69. The number of ether oxygens (including phenoxy) is 5. The maximum Gasteiger partial charge on any atom is 0.193 e. The van der Waals surface area contributed by atoms with E-state index in [9.17, 15) is 4.79 Å². The number of rotatable bonds is 24. The van der Waals surface area contributed by atoms with Crippen LogP contribution in [0.3, 0.4) is 0 Å². The van der Waals surface area contributed by atoms with Crippen molar-refractivity contribution >= 4 is 61.1 Å². The number of benzene rings is 1. The summed E-state index contributed by atoms with van der Waals surface area (Å²) >= 11 is 2.28. The Balaban J connectivity index is 1.32. The summed E-state index contributed by atoms with van der Waals surface area (Å²) in [7, 11) is -8.91. The standard InChI is InChI=1S/C63H103IO11SSi2/c1-19-39(3)34-54-43(7)57(56(72-54)38-55-42(6)40(4)35-47(70-55)25-29-51-41(5)36-46(69-51)22-21-33-65)61(76(67,68)49-27-23-45(20-2)24-28-49)50(66)37-48-26-30-52-58(71-48)44(8)59(75-78(17,18)63(12,13)14)60(73-52)53(31-32-64)74-77(15,16)62(9,10)11/h23-24,27-28,31-33,39-40,43-44,46-48,51-61H,5-6,19-22,25-26,29-30,34-38H2,1-4,7-18H3/b32-31+/t39-,40+,43+,44+,46+,47+,48-,51+,52+,53+,54-,55-,56+,57-,58-,59+,60+,61?/m1/s1. The summed E-state index contributed by atoms with van der Waals surface area (Å²) in [5, 5.41) is -1.48. The molecular weight excluding hydrogens is 1150 g/mol. The van der Waals surface area contributed by atoms with Gasteiger partial charge in [-0.3, -0.25) is 4.79 Å². The van der Waals surface area contributed by atoms with Crippen molar-refractivity contribution in [2.24, 2.45) is 29.6 Å². The second kappa shape index (κ2) is 27.1. The molecule has 1 aromatic rings.